The highest BCUT2D eigenvalue weighted by molar-refractivity contribution is 6.60. The molecule has 0 spiro atoms. The molecule has 0 saturated carbocycles. The standard InChI is InChI=1S/C30H38O10Si2/c1-33-41(34-2,35-3)21-19-23-7-11-25(12-8-23)29(31)39-27-15-17-28(18-16-27)40-30(32)26-13-9-24(10-14-26)20-22-42(36-4,37-5)38-6/h7-18H,19-22H2,1-6H3. The maximum Gasteiger partial charge on any atom is 0.500 e. The molecule has 0 N–H and O–H groups in total. The quantitative estimate of drug-likeness (QED) is 0.125. The summed E-state index contributed by atoms with van der Waals surface area (Å²) in [6.07, 6.45) is 1.36. The molecule has 226 valence electrons. The van der Waals surface area contributed by atoms with E-state index in [1.807, 2.05) is 24.3 Å². The second-order valence-corrected chi connectivity index (χ2v) is 15.4. The lowest BCUT2D eigenvalue weighted by molar-refractivity contribution is 0.0719. The highest BCUT2D eigenvalue weighted by Crippen LogP contribution is 2.22. The average Bonchev–Trinajstić information content (AvgIpc) is 3.04. The van der Waals surface area contributed by atoms with E-state index in [0.717, 1.165) is 11.1 Å². The van der Waals surface area contributed by atoms with Gasteiger partial charge in [-0.1, -0.05) is 24.3 Å². The van der Waals surface area contributed by atoms with Gasteiger partial charge in [0.05, 0.1) is 11.1 Å². The van der Waals surface area contributed by atoms with Crippen molar-refractivity contribution in [3.8, 4) is 11.5 Å². The number of ether oxygens (including phenoxy) is 2. The zero-order chi connectivity index (χ0) is 30.6. The molecule has 0 aliphatic carbocycles. The number of hydrogen-bond donors (Lipinski definition) is 0. The van der Waals surface area contributed by atoms with Gasteiger partial charge in [0.25, 0.3) is 0 Å². The molecule has 0 radical (unpaired) electrons. The number of hydrogen-bond acceptors (Lipinski definition) is 10. The van der Waals surface area contributed by atoms with E-state index in [1.165, 1.54) is 0 Å². The third kappa shape index (κ3) is 8.90. The lowest BCUT2D eigenvalue weighted by Gasteiger charge is -2.24. The highest BCUT2D eigenvalue weighted by Gasteiger charge is 2.37. The van der Waals surface area contributed by atoms with Crippen LogP contribution >= 0.6 is 0 Å². The molecule has 0 aliphatic heterocycles. The first-order valence-electron chi connectivity index (χ1n) is 13.3. The predicted molar refractivity (Wildman–Crippen MR) is 160 cm³/mol. The Hall–Kier alpha value is -3.21. The summed E-state index contributed by atoms with van der Waals surface area (Å²) in [4.78, 5) is 25.3. The van der Waals surface area contributed by atoms with Gasteiger partial charge in [0.15, 0.2) is 0 Å². The molecule has 0 fully saturated rings. The van der Waals surface area contributed by atoms with Crippen LogP contribution in [0.25, 0.3) is 0 Å². The van der Waals surface area contributed by atoms with Crippen molar-refractivity contribution in [3.05, 3.63) is 95.1 Å². The summed E-state index contributed by atoms with van der Waals surface area (Å²) in [6.45, 7) is 0. The summed E-state index contributed by atoms with van der Waals surface area (Å²) in [6, 6.07) is 21.8. The summed E-state index contributed by atoms with van der Waals surface area (Å²) < 4.78 is 43.7. The summed E-state index contributed by atoms with van der Waals surface area (Å²) >= 11 is 0. The Balaban J connectivity index is 1.51. The van der Waals surface area contributed by atoms with Crippen LogP contribution in [0.1, 0.15) is 31.8 Å². The Morgan fingerprint density at radius 3 is 1.02 bits per heavy atom. The molecular formula is C30H38O10Si2. The van der Waals surface area contributed by atoms with Crippen LogP contribution in [0.2, 0.25) is 12.1 Å². The van der Waals surface area contributed by atoms with Crippen molar-refractivity contribution < 1.29 is 45.6 Å². The zero-order valence-corrected chi connectivity index (χ0v) is 26.8. The predicted octanol–water partition coefficient (Wildman–Crippen LogP) is 4.97. The summed E-state index contributed by atoms with van der Waals surface area (Å²) in [5.41, 5.74) is 2.85. The molecule has 0 bridgehead atoms. The Labute approximate surface area is 249 Å². The van der Waals surface area contributed by atoms with E-state index in [-0.39, 0.29) is 0 Å². The van der Waals surface area contributed by atoms with E-state index < -0.39 is 29.5 Å². The van der Waals surface area contributed by atoms with Crippen LogP contribution in [0.3, 0.4) is 0 Å². The molecule has 0 atom stereocenters. The van der Waals surface area contributed by atoms with E-state index in [4.69, 9.17) is 36.0 Å². The fourth-order valence-corrected chi connectivity index (χ4v) is 7.64. The minimum Gasteiger partial charge on any atom is -0.423 e. The Bertz CT molecular complexity index is 1160. The normalized spacial score (nSPS) is 11.8. The van der Waals surface area contributed by atoms with Gasteiger partial charge in [0, 0.05) is 54.7 Å². The Morgan fingerprint density at radius 2 is 0.762 bits per heavy atom. The summed E-state index contributed by atoms with van der Waals surface area (Å²) in [5.74, 6) is -0.344. The van der Waals surface area contributed by atoms with Gasteiger partial charge in [-0.05, 0) is 72.5 Å². The fraction of sp³-hybridized carbons (Fsp3) is 0.333. The molecule has 0 aromatic heterocycles. The van der Waals surface area contributed by atoms with Crippen molar-refractivity contribution in [1.29, 1.82) is 0 Å². The highest BCUT2D eigenvalue weighted by atomic mass is 28.4. The van der Waals surface area contributed by atoms with E-state index >= 15 is 0 Å². The van der Waals surface area contributed by atoms with Gasteiger partial charge in [-0.25, -0.2) is 9.59 Å². The van der Waals surface area contributed by atoms with Crippen LogP contribution < -0.4 is 9.47 Å². The maximum atomic E-state index is 12.6. The minimum atomic E-state index is -2.67. The second kappa shape index (κ2) is 15.9. The molecule has 10 nitrogen and oxygen atoms in total. The third-order valence-corrected chi connectivity index (χ3v) is 12.4. The van der Waals surface area contributed by atoms with E-state index in [0.29, 0.717) is 47.6 Å². The van der Waals surface area contributed by atoms with Gasteiger partial charge in [-0.3, -0.25) is 0 Å². The number of aryl methyl sites for hydroxylation is 2. The smallest absolute Gasteiger partial charge is 0.423 e. The Kier molecular flexibility index (Phi) is 12.6. The number of carbonyl (C=O) groups excluding carboxylic acids is 2. The topological polar surface area (TPSA) is 108 Å². The van der Waals surface area contributed by atoms with Crippen LogP contribution in [-0.2, 0) is 39.4 Å². The van der Waals surface area contributed by atoms with Crippen molar-refractivity contribution in [1.82, 2.24) is 0 Å². The first kappa shape index (κ1) is 33.3. The van der Waals surface area contributed by atoms with E-state index in [9.17, 15) is 9.59 Å². The maximum absolute atomic E-state index is 12.6. The van der Waals surface area contributed by atoms with E-state index in [2.05, 4.69) is 0 Å². The zero-order valence-electron chi connectivity index (χ0n) is 24.8. The summed E-state index contributed by atoms with van der Waals surface area (Å²) in [5, 5.41) is 0. The van der Waals surface area contributed by atoms with Crippen molar-refractivity contribution >= 4 is 29.5 Å². The molecule has 3 aromatic rings. The Morgan fingerprint density at radius 1 is 0.476 bits per heavy atom. The first-order chi connectivity index (χ1) is 20.2. The average molecular weight is 615 g/mol. The minimum absolute atomic E-state index is 0.326. The van der Waals surface area contributed by atoms with Crippen LogP contribution in [0.5, 0.6) is 11.5 Å². The molecule has 3 rings (SSSR count). The van der Waals surface area contributed by atoms with Crippen molar-refractivity contribution in [2.45, 2.75) is 24.9 Å². The molecular weight excluding hydrogens is 576 g/mol. The van der Waals surface area contributed by atoms with Gasteiger partial charge in [-0.15, -0.1) is 0 Å². The summed E-state index contributed by atoms with van der Waals surface area (Å²) in [7, 11) is 4.14. The van der Waals surface area contributed by atoms with E-state index in [1.54, 1.807) is 91.2 Å². The molecule has 42 heavy (non-hydrogen) atoms. The van der Waals surface area contributed by atoms with Gasteiger partial charge < -0.3 is 36.0 Å². The lowest BCUT2D eigenvalue weighted by atomic mass is 10.1. The first-order valence-corrected chi connectivity index (χ1v) is 17.1. The molecule has 3 aromatic carbocycles. The van der Waals surface area contributed by atoms with Crippen LogP contribution in [0, 0.1) is 0 Å². The van der Waals surface area contributed by atoms with Crippen LogP contribution in [0.15, 0.2) is 72.8 Å². The third-order valence-electron chi connectivity index (χ3n) is 6.93. The molecule has 0 heterocycles. The van der Waals surface area contributed by atoms with Crippen LogP contribution in [0.4, 0.5) is 0 Å². The monoisotopic (exact) mass is 614 g/mol. The molecule has 12 heteroatoms. The molecule has 0 aliphatic rings. The number of esters is 2. The van der Waals surface area contributed by atoms with Crippen molar-refractivity contribution in [2.75, 3.05) is 42.7 Å². The lowest BCUT2D eigenvalue weighted by Crippen LogP contribution is -2.43. The number of benzene rings is 3. The molecule has 0 amide bonds. The van der Waals surface area contributed by atoms with Gasteiger partial charge >= 0.3 is 29.5 Å². The molecule has 0 saturated heterocycles. The van der Waals surface area contributed by atoms with Gasteiger partial charge in [0.2, 0.25) is 0 Å². The second-order valence-electron chi connectivity index (χ2n) is 9.24. The largest absolute Gasteiger partial charge is 0.500 e. The number of carbonyl (C=O) groups is 2. The molecule has 0 unspecified atom stereocenters. The van der Waals surface area contributed by atoms with Crippen molar-refractivity contribution in [2.24, 2.45) is 0 Å². The number of rotatable bonds is 16. The SMILES string of the molecule is CO[Si](CCc1ccc(C(=O)Oc2ccc(OC(=O)c3ccc(CC[Si](OC)(OC)OC)cc3)cc2)cc1)(OC)OC. The van der Waals surface area contributed by atoms with Crippen molar-refractivity contribution in [3.63, 3.8) is 0 Å². The van der Waals surface area contributed by atoms with Gasteiger partial charge in [0.1, 0.15) is 11.5 Å². The van der Waals surface area contributed by atoms with Crippen LogP contribution in [-0.4, -0.2) is 72.2 Å². The fourth-order valence-electron chi connectivity index (χ4n) is 4.23. The van der Waals surface area contributed by atoms with Gasteiger partial charge in [-0.2, -0.15) is 0 Å².